The van der Waals surface area contributed by atoms with Gasteiger partial charge in [-0.25, -0.2) is 9.19 Å². The maximum Gasteiger partial charge on any atom is 0.113 e. The topological polar surface area (TPSA) is 42.0 Å². The van der Waals surface area contributed by atoms with E-state index >= 15 is 0 Å². The normalized spacial score (nSPS) is 13.0. The highest BCUT2D eigenvalue weighted by atomic mass is 32.2. The number of hydrogen-bond donors (Lipinski definition) is 1. The molecule has 1 unspecified atom stereocenters. The van der Waals surface area contributed by atoms with Crippen molar-refractivity contribution in [1.29, 1.82) is 0 Å². The van der Waals surface area contributed by atoms with Crippen LogP contribution >= 0.6 is 11.3 Å². The molecule has 1 N–H and O–H groups in total. The number of anilines is 1. The van der Waals surface area contributed by atoms with Crippen LogP contribution in [0.15, 0.2) is 23.7 Å². The minimum Gasteiger partial charge on any atom is -0.305 e. The molecule has 0 fully saturated rings. The van der Waals surface area contributed by atoms with Crippen LogP contribution in [0.5, 0.6) is 0 Å². The fourth-order valence-electron chi connectivity index (χ4n) is 1.08. The maximum absolute atomic E-state index is 10.9. The molecule has 0 aliphatic rings. The predicted octanol–water partition coefficient (Wildman–Crippen LogP) is 2.00. The summed E-state index contributed by atoms with van der Waals surface area (Å²) in [6, 6.07) is 5.75. The van der Waals surface area contributed by atoms with Crippen LogP contribution in [0.4, 0.5) is 5.69 Å². The van der Waals surface area contributed by atoms with Gasteiger partial charge in [-0.15, -0.1) is 11.3 Å². The average molecular weight is 212 g/mol. The second-order valence-corrected chi connectivity index (χ2v) is 4.59. The lowest BCUT2D eigenvalue weighted by atomic mass is 10.3. The van der Waals surface area contributed by atoms with E-state index in [1.54, 1.807) is 23.1 Å². The SMILES string of the molecule is CS(=O)Nc1ccc2ncsc2c1. The molecule has 3 nitrogen and oxygen atoms in total. The van der Waals surface area contributed by atoms with Crippen LogP contribution in [-0.2, 0) is 11.0 Å². The Bertz CT molecular complexity index is 452. The number of thiazole rings is 1. The molecule has 5 heteroatoms. The van der Waals surface area contributed by atoms with Crippen LogP contribution in [0, 0.1) is 0 Å². The average Bonchev–Trinajstić information content (AvgIpc) is 2.49. The Hall–Kier alpha value is -0.940. The summed E-state index contributed by atoms with van der Waals surface area (Å²) < 4.78 is 14.8. The zero-order valence-corrected chi connectivity index (χ0v) is 8.61. The van der Waals surface area contributed by atoms with Crippen LogP contribution in [0.1, 0.15) is 0 Å². The molecule has 0 saturated carbocycles. The highest BCUT2D eigenvalue weighted by Crippen LogP contribution is 2.21. The molecule has 0 aliphatic carbocycles. The molecule has 0 saturated heterocycles. The highest BCUT2D eigenvalue weighted by Gasteiger charge is 1.98. The van der Waals surface area contributed by atoms with E-state index < -0.39 is 11.0 Å². The molecule has 1 heterocycles. The maximum atomic E-state index is 10.9. The summed E-state index contributed by atoms with van der Waals surface area (Å²) in [6.45, 7) is 0. The van der Waals surface area contributed by atoms with Crippen LogP contribution in [0.3, 0.4) is 0 Å². The fourth-order valence-corrected chi connectivity index (χ4v) is 2.26. The number of rotatable bonds is 2. The van der Waals surface area contributed by atoms with Gasteiger partial charge in [0, 0.05) is 11.9 Å². The molecule has 0 bridgehead atoms. The Balaban J connectivity index is 2.42. The summed E-state index contributed by atoms with van der Waals surface area (Å²) in [4.78, 5) is 4.15. The molecular weight excluding hydrogens is 204 g/mol. The summed E-state index contributed by atoms with van der Waals surface area (Å²) in [7, 11) is -1.01. The predicted molar refractivity (Wildman–Crippen MR) is 57.3 cm³/mol. The zero-order chi connectivity index (χ0) is 9.26. The van der Waals surface area contributed by atoms with E-state index in [1.807, 2.05) is 18.2 Å². The Labute approximate surface area is 82.4 Å². The molecule has 1 aromatic carbocycles. The molecular formula is C8H8N2OS2. The van der Waals surface area contributed by atoms with E-state index in [1.165, 1.54) is 0 Å². The van der Waals surface area contributed by atoms with E-state index in [2.05, 4.69) is 9.71 Å². The lowest BCUT2D eigenvalue weighted by Gasteiger charge is -2.00. The minimum absolute atomic E-state index is 0.873. The first kappa shape index (κ1) is 8.65. The Morgan fingerprint density at radius 3 is 3.15 bits per heavy atom. The first-order valence-electron chi connectivity index (χ1n) is 3.69. The van der Waals surface area contributed by atoms with Crippen molar-refractivity contribution < 1.29 is 4.21 Å². The lowest BCUT2D eigenvalue weighted by Crippen LogP contribution is -2.00. The first-order chi connectivity index (χ1) is 6.25. The third kappa shape index (κ3) is 1.87. The summed E-state index contributed by atoms with van der Waals surface area (Å²) in [5, 5.41) is 0. The Kier molecular flexibility index (Phi) is 2.28. The number of nitrogens with zero attached hydrogens (tertiary/aromatic N) is 1. The summed E-state index contributed by atoms with van der Waals surface area (Å²) >= 11 is 1.58. The van der Waals surface area contributed by atoms with E-state index in [0.29, 0.717) is 0 Å². The van der Waals surface area contributed by atoms with Crippen molar-refractivity contribution >= 4 is 38.2 Å². The van der Waals surface area contributed by atoms with Crippen molar-refractivity contribution in [2.24, 2.45) is 0 Å². The van der Waals surface area contributed by atoms with Crippen molar-refractivity contribution in [2.45, 2.75) is 0 Å². The number of nitrogens with one attached hydrogen (secondary N) is 1. The van der Waals surface area contributed by atoms with Gasteiger partial charge in [0.05, 0.1) is 15.7 Å². The second-order valence-electron chi connectivity index (χ2n) is 2.59. The molecule has 0 spiro atoms. The van der Waals surface area contributed by atoms with Crippen molar-refractivity contribution in [3.63, 3.8) is 0 Å². The van der Waals surface area contributed by atoms with Gasteiger partial charge in [-0.1, -0.05) is 0 Å². The van der Waals surface area contributed by atoms with Gasteiger partial charge in [0.25, 0.3) is 0 Å². The van der Waals surface area contributed by atoms with Gasteiger partial charge in [0.1, 0.15) is 11.0 Å². The van der Waals surface area contributed by atoms with Crippen molar-refractivity contribution in [3.8, 4) is 0 Å². The van der Waals surface area contributed by atoms with Gasteiger partial charge in [0.2, 0.25) is 0 Å². The third-order valence-electron chi connectivity index (χ3n) is 1.59. The van der Waals surface area contributed by atoms with E-state index in [9.17, 15) is 4.21 Å². The molecule has 2 rings (SSSR count). The molecule has 0 amide bonds. The van der Waals surface area contributed by atoms with Gasteiger partial charge in [0.15, 0.2) is 0 Å². The van der Waals surface area contributed by atoms with Gasteiger partial charge >= 0.3 is 0 Å². The quantitative estimate of drug-likeness (QED) is 0.827. The summed E-state index contributed by atoms with van der Waals surface area (Å²) in [6.07, 6.45) is 1.61. The van der Waals surface area contributed by atoms with Gasteiger partial charge in [-0.05, 0) is 18.2 Å². The van der Waals surface area contributed by atoms with E-state index in [-0.39, 0.29) is 0 Å². The van der Waals surface area contributed by atoms with Crippen molar-refractivity contribution in [2.75, 3.05) is 11.0 Å². The van der Waals surface area contributed by atoms with Crippen molar-refractivity contribution in [1.82, 2.24) is 4.98 Å². The molecule has 1 aromatic heterocycles. The van der Waals surface area contributed by atoms with Gasteiger partial charge in [-0.2, -0.15) is 0 Å². The largest absolute Gasteiger partial charge is 0.305 e. The Morgan fingerprint density at radius 1 is 1.54 bits per heavy atom. The van der Waals surface area contributed by atoms with Gasteiger partial charge < -0.3 is 4.72 Å². The zero-order valence-electron chi connectivity index (χ0n) is 6.98. The van der Waals surface area contributed by atoms with Crippen LogP contribution in [0.2, 0.25) is 0 Å². The second kappa shape index (κ2) is 3.43. The minimum atomic E-state index is -1.01. The smallest absolute Gasteiger partial charge is 0.113 e. The number of hydrogen-bond acceptors (Lipinski definition) is 3. The monoisotopic (exact) mass is 212 g/mol. The summed E-state index contributed by atoms with van der Waals surface area (Å²) in [5.41, 5.74) is 3.66. The first-order valence-corrected chi connectivity index (χ1v) is 6.13. The van der Waals surface area contributed by atoms with Crippen LogP contribution in [0.25, 0.3) is 10.2 Å². The Morgan fingerprint density at radius 2 is 2.38 bits per heavy atom. The highest BCUT2D eigenvalue weighted by molar-refractivity contribution is 7.85. The summed E-state index contributed by atoms with van der Waals surface area (Å²) in [5.74, 6) is 0. The standard InChI is InChI=1S/C8H8N2OS2/c1-13(11)10-6-2-3-7-8(4-6)12-5-9-7/h2-5,10H,1H3. The number of fused-ring (bicyclic) bond motifs is 1. The molecule has 68 valence electrons. The van der Waals surface area contributed by atoms with Crippen LogP contribution in [-0.4, -0.2) is 15.4 Å². The lowest BCUT2D eigenvalue weighted by molar-refractivity contribution is 0.690. The molecule has 0 radical (unpaired) electrons. The van der Waals surface area contributed by atoms with Crippen molar-refractivity contribution in [3.05, 3.63) is 23.7 Å². The van der Waals surface area contributed by atoms with E-state index in [0.717, 1.165) is 15.9 Å². The fraction of sp³-hybridized carbons (Fsp3) is 0.125. The number of aromatic nitrogens is 1. The molecule has 13 heavy (non-hydrogen) atoms. The molecule has 1 atom stereocenters. The molecule has 0 aliphatic heterocycles. The van der Waals surface area contributed by atoms with Crippen LogP contribution < -0.4 is 4.72 Å². The third-order valence-corrected chi connectivity index (χ3v) is 2.91. The van der Waals surface area contributed by atoms with Gasteiger partial charge in [-0.3, -0.25) is 0 Å². The molecule has 2 aromatic rings. The number of benzene rings is 1. The van der Waals surface area contributed by atoms with E-state index in [4.69, 9.17) is 0 Å².